The zero-order valence-electron chi connectivity index (χ0n) is 8.98. The monoisotopic (exact) mass is 214 g/mol. The van der Waals surface area contributed by atoms with E-state index in [1.807, 2.05) is 0 Å². The molecule has 5 heteroatoms. The number of aliphatic hydroxyl groups excluding tert-OH is 1. The Morgan fingerprint density at radius 3 is 2.87 bits per heavy atom. The Hall–Kier alpha value is -0.650. The summed E-state index contributed by atoms with van der Waals surface area (Å²) in [4.78, 5) is 13.6. The highest BCUT2D eigenvalue weighted by Crippen LogP contribution is 2.17. The third kappa shape index (κ3) is 2.14. The number of aliphatic hydroxyl groups is 1. The first kappa shape index (κ1) is 10.9. The molecular formula is C10H18N2O3. The van der Waals surface area contributed by atoms with E-state index in [9.17, 15) is 9.90 Å². The maximum absolute atomic E-state index is 11.9. The molecule has 86 valence electrons. The number of β-amino-alcohol motifs (C(OH)–C–C–N with tert-alkyl or cyclic N) is 1. The molecule has 0 saturated carbocycles. The van der Waals surface area contributed by atoms with Gasteiger partial charge in [0.05, 0.1) is 12.1 Å². The number of amides is 1. The van der Waals surface area contributed by atoms with E-state index in [0.29, 0.717) is 19.7 Å². The van der Waals surface area contributed by atoms with Gasteiger partial charge in [-0.1, -0.05) is 0 Å². The van der Waals surface area contributed by atoms with Crippen molar-refractivity contribution < 1.29 is 14.6 Å². The molecule has 2 aliphatic heterocycles. The van der Waals surface area contributed by atoms with Crippen molar-refractivity contribution in [2.45, 2.75) is 31.1 Å². The van der Waals surface area contributed by atoms with Crippen LogP contribution in [0.15, 0.2) is 0 Å². The number of hydrogen-bond acceptors (Lipinski definition) is 4. The van der Waals surface area contributed by atoms with Crippen LogP contribution in [-0.4, -0.2) is 60.9 Å². The average molecular weight is 214 g/mol. The van der Waals surface area contributed by atoms with Crippen LogP contribution < -0.4 is 5.32 Å². The van der Waals surface area contributed by atoms with Crippen LogP contribution in [0.3, 0.4) is 0 Å². The Kier molecular flexibility index (Phi) is 3.23. The molecular weight excluding hydrogens is 196 g/mol. The molecule has 1 amide bonds. The van der Waals surface area contributed by atoms with Crippen LogP contribution in [0, 0.1) is 0 Å². The predicted molar refractivity (Wildman–Crippen MR) is 54.4 cm³/mol. The number of rotatable bonds is 2. The molecule has 2 heterocycles. The smallest absolute Gasteiger partial charge is 0.251 e. The summed E-state index contributed by atoms with van der Waals surface area (Å²) < 4.78 is 5.34. The highest BCUT2D eigenvalue weighted by atomic mass is 16.5. The van der Waals surface area contributed by atoms with Gasteiger partial charge in [0.25, 0.3) is 5.91 Å². The third-order valence-corrected chi connectivity index (χ3v) is 3.20. The van der Waals surface area contributed by atoms with Crippen molar-refractivity contribution in [1.82, 2.24) is 10.2 Å². The summed E-state index contributed by atoms with van der Waals surface area (Å²) in [5.74, 6) is 0.000231. The highest BCUT2D eigenvalue weighted by Gasteiger charge is 2.35. The summed E-state index contributed by atoms with van der Waals surface area (Å²) in [6, 6.07) is -0.110. The van der Waals surface area contributed by atoms with Crippen molar-refractivity contribution in [2.24, 2.45) is 0 Å². The number of nitrogens with one attached hydrogen (secondary N) is 1. The molecule has 0 bridgehead atoms. The maximum atomic E-state index is 11.9. The Balaban J connectivity index is 1.94. The molecule has 0 aromatic heterocycles. The molecule has 3 atom stereocenters. The molecule has 0 radical (unpaired) electrons. The molecule has 2 fully saturated rings. The number of nitrogens with zero attached hydrogens (tertiary/aromatic N) is 1. The second-order valence-electron chi connectivity index (χ2n) is 4.24. The van der Waals surface area contributed by atoms with Gasteiger partial charge in [0.1, 0.15) is 6.10 Å². The van der Waals surface area contributed by atoms with E-state index < -0.39 is 6.10 Å². The SMILES string of the molecule is CN(C(=O)[C@@H]1CCCO1)[C@H]1CNC[C@@H]1O. The van der Waals surface area contributed by atoms with Crippen LogP contribution in [0.1, 0.15) is 12.8 Å². The first-order chi connectivity index (χ1) is 7.20. The van der Waals surface area contributed by atoms with Gasteiger partial charge < -0.3 is 20.1 Å². The zero-order valence-corrected chi connectivity index (χ0v) is 8.98. The molecule has 0 aromatic carbocycles. The summed E-state index contributed by atoms with van der Waals surface area (Å²) in [6.45, 7) is 1.90. The van der Waals surface area contributed by atoms with Crippen molar-refractivity contribution in [2.75, 3.05) is 26.7 Å². The topological polar surface area (TPSA) is 61.8 Å². The molecule has 5 nitrogen and oxygen atoms in total. The van der Waals surface area contributed by atoms with Crippen LogP contribution in [-0.2, 0) is 9.53 Å². The van der Waals surface area contributed by atoms with Gasteiger partial charge in [-0.2, -0.15) is 0 Å². The molecule has 0 aromatic rings. The zero-order chi connectivity index (χ0) is 10.8. The summed E-state index contributed by atoms with van der Waals surface area (Å²) in [5, 5.41) is 12.7. The number of carbonyl (C=O) groups is 1. The second kappa shape index (κ2) is 4.47. The van der Waals surface area contributed by atoms with E-state index in [4.69, 9.17) is 4.74 Å². The Bertz CT molecular complexity index is 241. The lowest BCUT2D eigenvalue weighted by Crippen LogP contribution is -2.48. The third-order valence-electron chi connectivity index (χ3n) is 3.20. The van der Waals surface area contributed by atoms with Crippen LogP contribution in [0.2, 0.25) is 0 Å². The number of hydrogen-bond donors (Lipinski definition) is 2. The summed E-state index contributed by atoms with van der Waals surface area (Å²) in [5.41, 5.74) is 0. The van der Waals surface area contributed by atoms with E-state index in [2.05, 4.69) is 5.32 Å². The van der Waals surface area contributed by atoms with Gasteiger partial charge in [-0.25, -0.2) is 0 Å². The summed E-state index contributed by atoms with van der Waals surface area (Å²) in [6.07, 6.45) is 1.01. The average Bonchev–Trinajstić information content (AvgIpc) is 2.85. The van der Waals surface area contributed by atoms with Gasteiger partial charge in [0, 0.05) is 26.7 Å². The number of ether oxygens (including phenoxy) is 1. The largest absolute Gasteiger partial charge is 0.390 e. The van der Waals surface area contributed by atoms with Crippen LogP contribution in [0.25, 0.3) is 0 Å². The maximum Gasteiger partial charge on any atom is 0.251 e. The molecule has 2 rings (SSSR count). The minimum Gasteiger partial charge on any atom is -0.390 e. The highest BCUT2D eigenvalue weighted by molar-refractivity contribution is 5.81. The lowest BCUT2D eigenvalue weighted by atomic mass is 10.1. The molecule has 0 unspecified atom stereocenters. The van der Waals surface area contributed by atoms with Crippen LogP contribution in [0.4, 0.5) is 0 Å². The van der Waals surface area contributed by atoms with Gasteiger partial charge in [-0.05, 0) is 12.8 Å². The quantitative estimate of drug-likeness (QED) is 0.616. The van der Waals surface area contributed by atoms with Crippen molar-refractivity contribution in [3.05, 3.63) is 0 Å². The van der Waals surface area contributed by atoms with E-state index in [-0.39, 0.29) is 18.1 Å². The molecule has 15 heavy (non-hydrogen) atoms. The van der Waals surface area contributed by atoms with Gasteiger partial charge in [0.15, 0.2) is 0 Å². The Morgan fingerprint density at radius 1 is 1.53 bits per heavy atom. The predicted octanol–water partition coefficient (Wildman–Crippen LogP) is -1.04. The van der Waals surface area contributed by atoms with E-state index in [1.165, 1.54) is 0 Å². The van der Waals surface area contributed by atoms with Gasteiger partial charge >= 0.3 is 0 Å². The van der Waals surface area contributed by atoms with Gasteiger partial charge in [-0.3, -0.25) is 4.79 Å². The minimum absolute atomic E-state index is 0.000231. The molecule has 2 saturated heterocycles. The van der Waals surface area contributed by atoms with E-state index >= 15 is 0 Å². The fourth-order valence-electron chi connectivity index (χ4n) is 2.21. The van der Waals surface area contributed by atoms with Crippen LogP contribution in [0.5, 0.6) is 0 Å². The second-order valence-corrected chi connectivity index (χ2v) is 4.24. The fraction of sp³-hybridized carbons (Fsp3) is 0.900. The molecule has 2 aliphatic rings. The first-order valence-corrected chi connectivity index (χ1v) is 5.47. The first-order valence-electron chi connectivity index (χ1n) is 5.47. The number of likely N-dealkylation sites (N-methyl/N-ethyl adjacent to an activating group) is 1. The molecule has 2 N–H and O–H groups in total. The van der Waals surface area contributed by atoms with E-state index in [1.54, 1.807) is 11.9 Å². The van der Waals surface area contributed by atoms with Gasteiger partial charge in [0.2, 0.25) is 0 Å². The van der Waals surface area contributed by atoms with Gasteiger partial charge in [-0.15, -0.1) is 0 Å². The lowest BCUT2D eigenvalue weighted by Gasteiger charge is -2.28. The Labute approximate surface area is 89.4 Å². The Morgan fingerprint density at radius 2 is 2.33 bits per heavy atom. The van der Waals surface area contributed by atoms with Crippen molar-refractivity contribution >= 4 is 5.91 Å². The molecule has 0 aliphatic carbocycles. The summed E-state index contributed by atoms with van der Waals surface area (Å²) >= 11 is 0. The molecule has 0 spiro atoms. The minimum atomic E-state index is -0.458. The van der Waals surface area contributed by atoms with Crippen molar-refractivity contribution in [3.8, 4) is 0 Å². The van der Waals surface area contributed by atoms with Crippen molar-refractivity contribution in [1.29, 1.82) is 0 Å². The fourth-order valence-corrected chi connectivity index (χ4v) is 2.21. The van der Waals surface area contributed by atoms with Crippen molar-refractivity contribution in [3.63, 3.8) is 0 Å². The van der Waals surface area contributed by atoms with Crippen LogP contribution >= 0.6 is 0 Å². The lowest BCUT2D eigenvalue weighted by molar-refractivity contribution is -0.143. The van der Waals surface area contributed by atoms with E-state index in [0.717, 1.165) is 12.8 Å². The summed E-state index contributed by atoms with van der Waals surface area (Å²) in [7, 11) is 1.74. The number of carbonyl (C=O) groups excluding carboxylic acids is 1. The normalized spacial score (nSPS) is 35.7. The standard InChI is InChI=1S/C10H18N2O3/c1-12(7-5-11-6-8(7)13)10(14)9-3-2-4-15-9/h7-9,11,13H,2-6H2,1H3/t7-,8-,9-/m0/s1.